The third-order valence-electron chi connectivity index (χ3n) is 4.61. The predicted molar refractivity (Wildman–Crippen MR) is 87.3 cm³/mol. The molecule has 122 valence electrons. The molecule has 0 unspecified atom stereocenters. The summed E-state index contributed by atoms with van der Waals surface area (Å²) in [5, 5.41) is 0.664. The van der Waals surface area contributed by atoms with Gasteiger partial charge in [0, 0.05) is 17.7 Å². The Hall–Kier alpha value is -0.620. The molecule has 0 radical (unpaired) electrons. The van der Waals surface area contributed by atoms with Gasteiger partial charge in [0.2, 0.25) is 10.0 Å². The van der Waals surface area contributed by atoms with Crippen molar-refractivity contribution >= 4 is 21.6 Å². The molecule has 0 bridgehead atoms. The highest BCUT2D eigenvalue weighted by molar-refractivity contribution is 7.89. The van der Waals surface area contributed by atoms with E-state index in [1.807, 2.05) is 24.3 Å². The van der Waals surface area contributed by atoms with Gasteiger partial charge in [0.05, 0.1) is 12.4 Å². The van der Waals surface area contributed by atoms with Crippen LogP contribution in [0.3, 0.4) is 0 Å². The van der Waals surface area contributed by atoms with Crippen molar-refractivity contribution in [2.24, 2.45) is 17.8 Å². The highest BCUT2D eigenvalue weighted by Crippen LogP contribution is 2.47. The summed E-state index contributed by atoms with van der Waals surface area (Å²) in [4.78, 5) is 0. The third-order valence-corrected chi connectivity index (χ3v) is 6.39. The van der Waals surface area contributed by atoms with Crippen LogP contribution in [0.1, 0.15) is 31.4 Å². The van der Waals surface area contributed by atoms with Crippen molar-refractivity contribution in [2.45, 2.75) is 25.8 Å². The van der Waals surface area contributed by atoms with Crippen LogP contribution in [0.2, 0.25) is 5.02 Å². The molecule has 2 fully saturated rings. The van der Waals surface area contributed by atoms with Crippen molar-refractivity contribution in [1.29, 1.82) is 0 Å². The first-order valence-corrected chi connectivity index (χ1v) is 9.81. The van der Waals surface area contributed by atoms with Crippen LogP contribution < -0.4 is 4.72 Å². The average molecular weight is 344 g/mol. The molecule has 6 heteroatoms. The molecule has 1 heterocycles. The van der Waals surface area contributed by atoms with Crippen LogP contribution in [0.5, 0.6) is 0 Å². The molecule has 0 amide bonds. The highest BCUT2D eigenvalue weighted by Gasteiger charge is 2.42. The lowest BCUT2D eigenvalue weighted by atomic mass is 10.0. The summed E-state index contributed by atoms with van der Waals surface area (Å²) in [5.74, 6) is 1.19. The van der Waals surface area contributed by atoms with E-state index in [2.05, 4.69) is 11.6 Å². The maximum atomic E-state index is 12.5. The van der Waals surface area contributed by atoms with E-state index in [9.17, 15) is 8.42 Å². The Balaban J connectivity index is 1.73. The molecule has 0 aromatic heterocycles. The largest absolute Gasteiger partial charge is 0.381 e. The van der Waals surface area contributed by atoms with Crippen LogP contribution >= 0.6 is 11.6 Å². The summed E-state index contributed by atoms with van der Waals surface area (Å²) in [6.07, 6.45) is 1.88. The van der Waals surface area contributed by atoms with Crippen LogP contribution in [0.15, 0.2) is 24.3 Å². The Kier molecular flexibility index (Phi) is 4.78. The van der Waals surface area contributed by atoms with Gasteiger partial charge in [0.1, 0.15) is 0 Å². The maximum absolute atomic E-state index is 12.5. The molecule has 1 saturated carbocycles. The molecule has 1 N–H and O–H groups in total. The first-order valence-electron chi connectivity index (χ1n) is 7.78. The van der Waals surface area contributed by atoms with Crippen molar-refractivity contribution in [1.82, 2.24) is 4.72 Å². The van der Waals surface area contributed by atoms with Gasteiger partial charge in [0.15, 0.2) is 0 Å². The van der Waals surface area contributed by atoms with E-state index >= 15 is 0 Å². The first kappa shape index (κ1) is 16.2. The summed E-state index contributed by atoms with van der Waals surface area (Å²) in [7, 11) is -3.31. The number of nitrogens with one attached hydrogen (secondary N) is 1. The first-order chi connectivity index (χ1) is 10.4. The SMILES string of the molecule is C[C@@H]1C[C@@H]1[C@@H](NS(=O)(=O)C[C@H]1CCOC1)c1ccc(Cl)cc1. The second kappa shape index (κ2) is 6.48. The normalized spacial score (nSPS) is 29.5. The summed E-state index contributed by atoms with van der Waals surface area (Å²) in [5.41, 5.74) is 0.991. The van der Waals surface area contributed by atoms with Crippen molar-refractivity contribution < 1.29 is 13.2 Å². The van der Waals surface area contributed by atoms with E-state index in [-0.39, 0.29) is 17.7 Å². The molecule has 1 aromatic rings. The molecular formula is C16H22ClNO3S. The van der Waals surface area contributed by atoms with Crippen LogP contribution in [-0.2, 0) is 14.8 Å². The number of rotatable bonds is 6. The Morgan fingerprint density at radius 2 is 2.05 bits per heavy atom. The van der Waals surface area contributed by atoms with Crippen molar-refractivity contribution in [3.05, 3.63) is 34.9 Å². The van der Waals surface area contributed by atoms with Crippen LogP contribution in [-0.4, -0.2) is 27.4 Å². The summed E-state index contributed by atoms with van der Waals surface area (Å²) in [6.45, 7) is 3.37. The second-order valence-electron chi connectivity index (χ2n) is 6.53. The number of halogens is 1. The molecule has 22 heavy (non-hydrogen) atoms. The van der Waals surface area contributed by atoms with Crippen LogP contribution in [0, 0.1) is 17.8 Å². The van der Waals surface area contributed by atoms with Gasteiger partial charge in [-0.3, -0.25) is 0 Å². The topological polar surface area (TPSA) is 55.4 Å². The second-order valence-corrected chi connectivity index (χ2v) is 8.77. The minimum atomic E-state index is -3.31. The monoisotopic (exact) mass is 343 g/mol. The van der Waals surface area contributed by atoms with E-state index in [1.165, 1.54) is 0 Å². The van der Waals surface area contributed by atoms with E-state index in [4.69, 9.17) is 16.3 Å². The summed E-state index contributed by atoms with van der Waals surface area (Å²) >= 11 is 5.93. The molecule has 4 atom stereocenters. The van der Waals surface area contributed by atoms with E-state index in [1.54, 1.807) is 0 Å². The highest BCUT2D eigenvalue weighted by atomic mass is 35.5. The Labute approximate surface area is 137 Å². The van der Waals surface area contributed by atoms with Crippen molar-refractivity contribution in [2.75, 3.05) is 19.0 Å². The van der Waals surface area contributed by atoms with Crippen molar-refractivity contribution in [3.8, 4) is 0 Å². The zero-order valence-corrected chi connectivity index (χ0v) is 14.2. The molecule has 1 aliphatic heterocycles. The predicted octanol–water partition coefficient (Wildman–Crippen LogP) is 2.99. The summed E-state index contributed by atoms with van der Waals surface area (Å²) in [6, 6.07) is 7.31. The minimum Gasteiger partial charge on any atom is -0.381 e. The minimum absolute atomic E-state index is 0.111. The fraction of sp³-hybridized carbons (Fsp3) is 0.625. The maximum Gasteiger partial charge on any atom is 0.212 e. The third kappa shape index (κ3) is 4.02. The lowest BCUT2D eigenvalue weighted by Crippen LogP contribution is -2.34. The Bertz CT molecular complexity index is 611. The average Bonchev–Trinajstić information content (AvgIpc) is 2.95. The molecule has 2 aliphatic rings. The van der Waals surface area contributed by atoms with Crippen LogP contribution in [0.25, 0.3) is 0 Å². The van der Waals surface area contributed by atoms with Gasteiger partial charge in [-0.25, -0.2) is 13.1 Å². The lowest BCUT2D eigenvalue weighted by Gasteiger charge is -2.20. The molecule has 1 aromatic carbocycles. The molecule has 1 saturated heterocycles. The van der Waals surface area contributed by atoms with Gasteiger partial charge in [-0.05, 0) is 48.3 Å². The van der Waals surface area contributed by atoms with Gasteiger partial charge >= 0.3 is 0 Å². The molecule has 1 aliphatic carbocycles. The van der Waals surface area contributed by atoms with Gasteiger partial charge in [0.25, 0.3) is 0 Å². The van der Waals surface area contributed by atoms with Gasteiger partial charge < -0.3 is 4.74 Å². The lowest BCUT2D eigenvalue weighted by molar-refractivity contribution is 0.188. The number of hydrogen-bond acceptors (Lipinski definition) is 3. The van der Waals surface area contributed by atoms with Crippen molar-refractivity contribution in [3.63, 3.8) is 0 Å². The Morgan fingerprint density at radius 1 is 1.36 bits per heavy atom. The zero-order chi connectivity index (χ0) is 15.7. The molecule has 0 spiro atoms. The van der Waals surface area contributed by atoms with E-state index in [0.717, 1.165) is 18.4 Å². The fourth-order valence-corrected chi connectivity index (χ4v) is 4.96. The molecule has 3 rings (SSSR count). The molecular weight excluding hydrogens is 322 g/mol. The van der Waals surface area contributed by atoms with Gasteiger partial charge in [-0.15, -0.1) is 0 Å². The Morgan fingerprint density at radius 3 is 2.59 bits per heavy atom. The van der Waals surface area contributed by atoms with E-state index in [0.29, 0.717) is 30.1 Å². The molecule has 4 nitrogen and oxygen atoms in total. The van der Waals surface area contributed by atoms with E-state index < -0.39 is 10.0 Å². The van der Waals surface area contributed by atoms with Gasteiger partial charge in [-0.2, -0.15) is 0 Å². The summed E-state index contributed by atoms with van der Waals surface area (Å²) < 4.78 is 33.2. The van der Waals surface area contributed by atoms with Gasteiger partial charge in [-0.1, -0.05) is 30.7 Å². The number of benzene rings is 1. The number of hydrogen-bond donors (Lipinski definition) is 1. The quantitative estimate of drug-likeness (QED) is 0.863. The zero-order valence-electron chi connectivity index (χ0n) is 12.7. The fourth-order valence-electron chi connectivity index (χ4n) is 3.15. The van der Waals surface area contributed by atoms with Crippen LogP contribution in [0.4, 0.5) is 0 Å². The standard InChI is InChI=1S/C16H22ClNO3S/c1-11-8-15(11)16(13-2-4-14(17)5-3-13)18-22(19,20)10-12-6-7-21-9-12/h2-5,11-12,15-16,18H,6-10H2,1H3/t11-,12+,15+,16+/m1/s1. The number of ether oxygens (including phenoxy) is 1. The number of sulfonamides is 1. The smallest absolute Gasteiger partial charge is 0.212 e.